The molecule has 0 saturated heterocycles. The molecule has 4 nitrogen and oxygen atoms in total. The zero-order chi connectivity index (χ0) is 22.4. The Balaban J connectivity index is 1.78. The van der Waals surface area contributed by atoms with E-state index in [9.17, 15) is 18.4 Å². The average Bonchev–Trinajstić information content (AvgIpc) is 2.74. The summed E-state index contributed by atoms with van der Waals surface area (Å²) in [5.74, 6) is -1.19. The Labute approximate surface area is 186 Å². The SMILES string of the molecule is CC(=O)CNC(=O)c1ccc(CN(Sc2ccc(C)cc2)C2CCCCC2F)c(F)c1. The molecule has 7 heteroatoms. The van der Waals surface area contributed by atoms with Crippen LogP contribution in [0, 0.1) is 12.7 Å². The summed E-state index contributed by atoms with van der Waals surface area (Å²) in [6, 6.07) is 12.0. The number of nitrogens with zero attached hydrogens (tertiary/aromatic N) is 1. The number of rotatable bonds is 8. The number of hydrogen-bond donors (Lipinski definition) is 1. The molecule has 1 amide bonds. The lowest BCUT2D eigenvalue weighted by atomic mass is 9.93. The van der Waals surface area contributed by atoms with Crippen LogP contribution in [0.5, 0.6) is 0 Å². The molecule has 2 aromatic rings. The van der Waals surface area contributed by atoms with E-state index in [-0.39, 0.29) is 30.5 Å². The summed E-state index contributed by atoms with van der Waals surface area (Å²) in [5, 5.41) is 2.46. The number of nitrogens with one attached hydrogen (secondary N) is 1. The van der Waals surface area contributed by atoms with Gasteiger partial charge in [0.25, 0.3) is 5.91 Å². The predicted octanol–water partition coefficient (Wildman–Crippen LogP) is 5.24. The zero-order valence-electron chi connectivity index (χ0n) is 17.9. The quantitative estimate of drug-likeness (QED) is 0.563. The molecule has 0 radical (unpaired) electrons. The number of alkyl halides is 1. The van der Waals surface area contributed by atoms with Gasteiger partial charge in [0.15, 0.2) is 0 Å². The lowest BCUT2D eigenvalue weighted by molar-refractivity contribution is -0.116. The van der Waals surface area contributed by atoms with Gasteiger partial charge in [-0.2, -0.15) is 0 Å². The minimum atomic E-state index is -0.952. The molecule has 0 spiro atoms. The molecule has 1 aliphatic rings. The van der Waals surface area contributed by atoms with Crippen LogP contribution in [0.2, 0.25) is 0 Å². The fourth-order valence-corrected chi connectivity index (χ4v) is 4.74. The molecule has 0 aliphatic heterocycles. The number of benzene rings is 2. The van der Waals surface area contributed by atoms with Gasteiger partial charge >= 0.3 is 0 Å². The van der Waals surface area contributed by atoms with E-state index in [2.05, 4.69) is 5.32 Å². The van der Waals surface area contributed by atoms with Crippen molar-refractivity contribution >= 4 is 23.6 Å². The first-order chi connectivity index (χ1) is 14.8. The summed E-state index contributed by atoms with van der Waals surface area (Å²) in [4.78, 5) is 24.1. The third-order valence-corrected chi connectivity index (χ3v) is 6.52. The number of Topliss-reactive ketones (excluding diaryl/α,β-unsaturated/α-hetero) is 1. The smallest absolute Gasteiger partial charge is 0.251 e. The van der Waals surface area contributed by atoms with Crippen molar-refractivity contribution in [2.75, 3.05) is 6.54 Å². The first-order valence-corrected chi connectivity index (χ1v) is 11.3. The van der Waals surface area contributed by atoms with Gasteiger partial charge in [0.1, 0.15) is 17.8 Å². The molecule has 2 unspecified atom stereocenters. The van der Waals surface area contributed by atoms with Crippen LogP contribution in [0.4, 0.5) is 8.78 Å². The van der Waals surface area contributed by atoms with Crippen LogP contribution in [-0.4, -0.2) is 34.8 Å². The molecule has 31 heavy (non-hydrogen) atoms. The van der Waals surface area contributed by atoms with E-state index in [4.69, 9.17) is 0 Å². The fourth-order valence-electron chi connectivity index (χ4n) is 3.63. The topological polar surface area (TPSA) is 49.4 Å². The number of ketones is 1. The Morgan fingerprint density at radius 3 is 2.48 bits per heavy atom. The van der Waals surface area contributed by atoms with Crippen LogP contribution >= 0.6 is 11.9 Å². The van der Waals surface area contributed by atoms with Gasteiger partial charge in [-0.25, -0.2) is 13.1 Å². The minimum Gasteiger partial charge on any atom is -0.345 e. The van der Waals surface area contributed by atoms with E-state index < -0.39 is 17.9 Å². The molecule has 166 valence electrons. The second kappa shape index (κ2) is 10.9. The van der Waals surface area contributed by atoms with Crippen LogP contribution < -0.4 is 5.32 Å². The average molecular weight is 447 g/mol. The Morgan fingerprint density at radius 2 is 1.84 bits per heavy atom. The summed E-state index contributed by atoms with van der Waals surface area (Å²) >= 11 is 1.44. The van der Waals surface area contributed by atoms with Crippen LogP contribution in [0.15, 0.2) is 47.4 Å². The highest BCUT2D eigenvalue weighted by atomic mass is 32.2. The maximum atomic E-state index is 14.8. The van der Waals surface area contributed by atoms with Crippen molar-refractivity contribution in [3.8, 4) is 0 Å². The Kier molecular flexibility index (Phi) is 8.21. The Hall–Kier alpha value is -2.25. The van der Waals surface area contributed by atoms with E-state index in [1.807, 2.05) is 35.5 Å². The lowest BCUT2D eigenvalue weighted by Gasteiger charge is -2.35. The third kappa shape index (κ3) is 6.61. The Bertz CT molecular complexity index is 920. The molecule has 0 heterocycles. The van der Waals surface area contributed by atoms with Crippen molar-refractivity contribution < 1.29 is 18.4 Å². The van der Waals surface area contributed by atoms with Crippen molar-refractivity contribution in [1.82, 2.24) is 9.62 Å². The lowest BCUT2D eigenvalue weighted by Crippen LogP contribution is -2.39. The molecule has 1 fully saturated rings. The van der Waals surface area contributed by atoms with Gasteiger partial charge in [-0.3, -0.25) is 9.59 Å². The summed E-state index contributed by atoms with van der Waals surface area (Å²) < 4.78 is 31.5. The maximum absolute atomic E-state index is 14.8. The van der Waals surface area contributed by atoms with Gasteiger partial charge in [0, 0.05) is 22.6 Å². The van der Waals surface area contributed by atoms with E-state index in [1.54, 1.807) is 6.07 Å². The number of carbonyl (C=O) groups excluding carboxylic acids is 2. The van der Waals surface area contributed by atoms with Crippen molar-refractivity contribution in [1.29, 1.82) is 0 Å². The fraction of sp³-hybridized carbons (Fsp3) is 0.417. The summed E-state index contributed by atoms with van der Waals surface area (Å²) in [6.45, 7) is 3.51. The minimum absolute atomic E-state index is 0.0945. The van der Waals surface area contributed by atoms with Crippen LogP contribution in [0.1, 0.15) is 54.1 Å². The number of hydrogen-bond acceptors (Lipinski definition) is 4. The van der Waals surface area contributed by atoms with Crippen LogP contribution in [0.3, 0.4) is 0 Å². The largest absolute Gasteiger partial charge is 0.345 e. The van der Waals surface area contributed by atoms with Gasteiger partial charge in [-0.05, 0) is 62.9 Å². The highest BCUT2D eigenvalue weighted by Crippen LogP contribution is 2.35. The molecular formula is C24H28F2N2O2S. The van der Waals surface area contributed by atoms with Gasteiger partial charge < -0.3 is 5.32 Å². The van der Waals surface area contributed by atoms with Gasteiger partial charge in [-0.1, -0.05) is 36.6 Å². The summed E-state index contributed by atoms with van der Waals surface area (Å²) in [6.07, 6.45) is 2.12. The van der Waals surface area contributed by atoms with E-state index in [0.29, 0.717) is 12.0 Å². The van der Waals surface area contributed by atoms with Crippen molar-refractivity contribution in [2.24, 2.45) is 0 Å². The number of aryl methyl sites for hydroxylation is 1. The maximum Gasteiger partial charge on any atom is 0.251 e. The molecular weight excluding hydrogens is 418 g/mol. The van der Waals surface area contributed by atoms with Crippen LogP contribution in [0.25, 0.3) is 0 Å². The highest BCUT2D eigenvalue weighted by Gasteiger charge is 2.31. The first-order valence-electron chi connectivity index (χ1n) is 10.5. The van der Waals surface area contributed by atoms with Crippen molar-refractivity contribution in [3.63, 3.8) is 0 Å². The molecule has 1 saturated carbocycles. The van der Waals surface area contributed by atoms with E-state index in [1.165, 1.54) is 31.0 Å². The first kappa shape index (κ1) is 23.4. The molecule has 0 aromatic heterocycles. The van der Waals surface area contributed by atoms with Gasteiger partial charge in [-0.15, -0.1) is 0 Å². The number of halogens is 2. The monoisotopic (exact) mass is 446 g/mol. The molecule has 1 N–H and O–H groups in total. The summed E-state index contributed by atoms with van der Waals surface area (Å²) in [7, 11) is 0. The van der Waals surface area contributed by atoms with E-state index >= 15 is 0 Å². The van der Waals surface area contributed by atoms with Crippen molar-refractivity contribution in [2.45, 2.75) is 63.2 Å². The van der Waals surface area contributed by atoms with Gasteiger partial charge in [0.05, 0.1) is 12.6 Å². The highest BCUT2D eigenvalue weighted by molar-refractivity contribution is 7.97. The van der Waals surface area contributed by atoms with Crippen molar-refractivity contribution in [3.05, 3.63) is 65.0 Å². The number of amides is 1. The number of carbonyl (C=O) groups is 2. The standard InChI is InChI=1S/C24H28F2N2O2S/c1-16-7-11-20(12-8-16)31-28(23-6-4-3-5-21(23)25)15-19-10-9-18(13-22(19)26)24(30)27-14-17(2)29/h7-13,21,23H,3-6,14-15H2,1-2H3,(H,27,30). The second-order valence-corrected chi connectivity index (χ2v) is 9.16. The van der Waals surface area contributed by atoms with Gasteiger partial charge in [0.2, 0.25) is 0 Å². The second-order valence-electron chi connectivity index (χ2n) is 8.04. The molecule has 2 atom stereocenters. The third-order valence-electron chi connectivity index (χ3n) is 5.40. The molecule has 0 bridgehead atoms. The van der Waals surface area contributed by atoms with E-state index in [0.717, 1.165) is 29.7 Å². The zero-order valence-corrected chi connectivity index (χ0v) is 18.7. The Morgan fingerprint density at radius 1 is 1.13 bits per heavy atom. The molecule has 3 rings (SSSR count). The predicted molar refractivity (Wildman–Crippen MR) is 119 cm³/mol. The molecule has 1 aliphatic carbocycles. The van der Waals surface area contributed by atoms with Crippen LogP contribution in [-0.2, 0) is 11.3 Å². The molecule has 2 aromatic carbocycles. The summed E-state index contributed by atoms with van der Waals surface area (Å²) in [5.41, 5.74) is 1.70. The normalized spacial score (nSPS) is 18.7.